The second-order valence-electron chi connectivity index (χ2n) is 7.40. The number of nitrogens with one attached hydrogen (secondary N) is 1. The topological polar surface area (TPSA) is 27.5 Å². The predicted octanol–water partition coefficient (Wildman–Crippen LogP) is 2.13. The van der Waals surface area contributed by atoms with Gasteiger partial charge in [-0.15, -0.1) is 5.75 Å². The summed E-state index contributed by atoms with van der Waals surface area (Å²) in [5.41, 5.74) is 2.81. The molecule has 0 aliphatic carbocycles. The molecule has 0 radical (unpaired) electrons. The molecule has 1 rings (SSSR count). The molecule has 0 bridgehead atoms. The Kier molecular flexibility index (Phi) is 3.83. The maximum atomic E-state index is 12.6. The number of benzene rings is 1. The summed E-state index contributed by atoms with van der Waals surface area (Å²) in [6.45, 7) is 12.6. The van der Waals surface area contributed by atoms with Crippen LogP contribution in [0.5, 0.6) is 5.75 Å². The molecule has 0 saturated heterocycles. The van der Waals surface area contributed by atoms with Gasteiger partial charge in [-0.3, -0.25) is 0 Å². The third kappa shape index (κ3) is 3.05. The minimum Gasteiger partial charge on any atom is -0.872 e. The van der Waals surface area contributed by atoms with Crippen LogP contribution >= 0.6 is 0 Å². The van der Waals surface area contributed by atoms with E-state index in [0.717, 1.165) is 11.1 Å². The molecular weight excluding hydrogens is 222 g/mol. The van der Waals surface area contributed by atoms with Crippen molar-refractivity contribution in [3.63, 3.8) is 0 Å². The highest BCUT2D eigenvalue weighted by Crippen LogP contribution is 2.38. The van der Waals surface area contributed by atoms with Crippen molar-refractivity contribution < 1.29 is 10.0 Å². The maximum Gasteiger partial charge on any atom is 0.131 e. The van der Waals surface area contributed by atoms with Gasteiger partial charge in [0.25, 0.3) is 0 Å². The largest absolute Gasteiger partial charge is 0.872 e. The zero-order chi connectivity index (χ0) is 14.3. The van der Waals surface area contributed by atoms with Gasteiger partial charge in [0.15, 0.2) is 0 Å². The highest BCUT2D eigenvalue weighted by atomic mass is 16.3. The quantitative estimate of drug-likeness (QED) is 0.811. The van der Waals surface area contributed by atoms with E-state index in [0.29, 0.717) is 0 Å². The Morgan fingerprint density at radius 2 is 1.17 bits per heavy atom. The van der Waals surface area contributed by atoms with Crippen LogP contribution in [0.1, 0.15) is 52.7 Å². The highest BCUT2D eigenvalue weighted by Gasteiger charge is 2.23. The minimum atomic E-state index is -0.109. The van der Waals surface area contributed by atoms with E-state index in [4.69, 9.17) is 0 Å². The average molecular weight is 249 g/mol. The maximum absolute atomic E-state index is 12.6. The molecule has 0 heterocycles. The van der Waals surface area contributed by atoms with Crippen LogP contribution < -0.4 is 10.0 Å². The Labute approximate surface area is 112 Å². The first kappa shape index (κ1) is 15.0. The number of hydrogen-bond donors (Lipinski definition) is 1. The SMILES string of the molecule is C[NH+](C)c1cc(C(C)(C)C)c([O-])c(C(C)(C)C)c1. The molecule has 0 aliphatic heterocycles. The lowest BCUT2D eigenvalue weighted by molar-refractivity contribution is -0.786. The fraction of sp³-hybridized carbons (Fsp3) is 0.625. The Hall–Kier alpha value is -1.02. The van der Waals surface area contributed by atoms with E-state index in [1.165, 1.54) is 10.6 Å². The summed E-state index contributed by atoms with van der Waals surface area (Å²) in [6.07, 6.45) is 0. The first-order valence-electron chi connectivity index (χ1n) is 6.61. The Morgan fingerprint density at radius 1 is 0.833 bits per heavy atom. The van der Waals surface area contributed by atoms with Crippen molar-refractivity contribution in [1.82, 2.24) is 0 Å². The molecule has 102 valence electrons. The van der Waals surface area contributed by atoms with Crippen LogP contribution in [0, 0.1) is 0 Å². The van der Waals surface area contributed by atoms with E-state index >= 15 is 0 Å². The molecule has 0 saturated carbocycles. The summed E-state index contributed by atoms with van der Waals surface area (Å²) in [4.78, 5) is 1.26. The molecule has 1 aromatic carbocycles. The third-order valence-corrected chi connectivity index (χ3v) is 3.28. The molecule has 18 heavy (non-hydrogen) atoms. The summed E-state index contributed by atoms with van der Waals surface area (Å²) in [5.74, 6) is 0.208. The number of rotatable bonds is 1. The van der Waals surface area contributed by atoms with Crippen molar-refractivity contribution in [1.29, 1.82) is 0 Å². The second kappa shape index (κ2) is 4.58. The Balaban J connectivity index is 3.59. The van der Waals surface area contributed by atoms with E-state index in [-0.39, 0.29) is 16.6 Å². The van der Waals surface area contributed by atoms with E-state index < -0.39 is 0 Å². The van der Waals surface area contributed by atoms with Crippen LogP contribution in [0.25, 0.3) is 0 Å². The summed E-state index contributed by atoms with van der Waals surface area (Å²) in [5, 5.41) is 12.6. The van der Waals surface area contributed by atoms with Crippen LogP contribution in [-0.2, 0) is 10.8 Å². The molecule has 2 nitrogen and oxygen atoms in total. The van der Waals surface area contributed by atoms with Crippen molar-refractivity contribution in [2.45, 2.75) is 52.4 Å². The lowest BCUT2D eigenvalue weighted by Crippen LogP contribution is -3.00. The van der Waals surface area contributed by atoms with Crippen molar-refractivity contribution in [3.8, 4) is 5.75 Å². The summed E-state index contributed by atoms with van der Waals surface area (Å²) >= 11 is 0. The van der Waals surface area contributed by atoms with Gasteiger partial charge in [-0.1, -0.05) is 41.5 Å². The standard InChI is InChI=1S/C16H27NO/c1-15(2,3)12-9-11(17(7)8)10-13(14(12)18)16(4,5)6/h9-10,18H,1-8H3. The van der Waals surface area contributed by atoms with Gasteiger partial charge in [-0.2, -0.15) is 0 Å². The summed E-state index contributed by atoms with van der Waals surface area (Å²) in [7, 11) is 4.19. The van der Waals surface area contributed by atoms with Gasteiger partial charge in [0.1, 0.15) is 5.69 Å². The van der Waals surface area contributed by atoms with Crippen molar-refractivity contribution in [3.05, 3.63) is 23.3 Å². The van der Waals surface area contributed by atoms with Gasteiger partial charge in [0.05, 0.1) is 14.1 Å². The smallest absolute Gasteiger partial charge is 0.131 e. The van der Waals surface area contributed by atoms with E-state index in [1.54, 1.807) is 0 Å². The average Bonchev–Trinajstić information content (AvgIpc) is 2.13. The first-order valence-corrected chi connectivity index (χ1v) is 6.61. The van der Waals surface area contributed by atoms with Crippen molar-refractivity contribution in [2.75, 3.05) is 14.1 Å². The van der Waals surface area contributed by atoms with Gasteiger partial charge in [-0.25, -0.2) is 0 Å². The van der Waals surface area contributed by atoms with Crippen molar-refractivity contribution >= 4 is 5.69 Å². The molecule has 0 unspecified atom stereocenters. The van der Waals surface area contributed by atoms with Crippen molar-refractivity contribution in [2.24, 2.45) is 0 Å². The van der Waals surface area contributed by atoms with Crippen LogP contribution in [-0.4, -0.2) is 14.1 Å². The van der Waals surface area contributed by atoms with E-state index in [1.807, 2.05) is 0 Å². The van der Waals surface area contributed by atoms with E-state index in [2.05, 4.69) is 67.8 Å². The van der Waals surface area contributed by atoms with E-state index in [9.17, 15) is 5.11 Å². The molecular formula is C16H27NO. The molecule has 0 fully saturated rings. The number of quaternary nitrogens is 1. The van der Waals surface area contributed by atoms with Gasteiger partial charge in [0.2, 0.25) is 0 Å². The lowest BCUT2D eigenvalue weighted by atomic mass is 9.79. The minimum absolute atomic E-state index is 0.109. The normalized spacial score (nSPS) is 13.2. The Morgan fingerprint density at radius 3 is 1.39 bits per heavy atom. The van der Waals surface area contributed by atoms with Gasteiger partial charge < -0.3 is 10.0 Å². The van der Waals surface area contributed by atoms with Gasteiger partial charge >= 0.3 is 0 Å². The highest BCUT2D eigenvalue weighted by molar-refractivity contribution is 5.53. The molecule has 0 amide bonds. The van der Waals surface area contributed by atoms with Crippen LogP contribution in [0.2, 0.25) is 0 Å². The van der Waals surface area contributed by atoms with Gasteiger partial charge in [0, 0.05) is 12.1 Å². The fourth-order valence-corrected chi connectivity index (χ4v) is 2.03. The molecule has 0 atom stereocenters. The predicted molar refractivity (Wildman–Crippen MR) is 75.8 cm³/mol. The zero-order valence-corrected chi connectivity index (χ0v) is 13.1. The van der Waals surface area contributed by atoms with Crippen LogP contribution in [0.3, 0.4) is 0 Å². The third-order valence-electron chi connectivity index (χ3n) is 3.28. The van der Waals surface area contributed by atoms with Gasteiger partial charge in [-0.05, 0) is 22.0 Å². The summed E-state index contributed by atoms with van der Waals surface area (Å²) < 4.78 is 0. The first-order chi connectivity index (χ1) is 7.94. The van der Waals surface area contributed by atoms with Crippen LogP contribution in [0.4, 0.5) is 5.69 Å². The molecule has 0 spiro atoms. The molecule has 1 aromatic rings. The Bertz CT molecular complexity index is 398. The second-order valence-corrected chi connectivity index (χ2v) is 7.40. The molecule has 0 aromatic heterocycles. The molecule has 0 aliphatic rings. The summed E-state index contributed by atoms with van der Waals surface area (Å²) in [6, 6.07) is 4.12. The lowest BCUT2D eigenvalue weighted by Gasteiger charge is -2.33. The number of hydrogen-bond acceptors (Lipinski definition) is 1. The van der Waals surface area contributed by atoms with Crippen LogP contribution in [0.15, 0.2) is 12.1 Å². The molecule has 2 heteroatoms. The fourth-order valence-electron chi connectivity index (χ4n) is 2.03. The zero-order valence-electron chi connectivity index (χ0n) is 13.1. The monoisotopic (exact) mass is 249 g/mol. The molecule has 1 N–H and O–H groups in total.